The molecule has 0 radical (unpaired) electrons. The lowest BCUT2D eigenvalue weighted by molar-refractivity contribution is -0.192. The zero-order valence-corrected chi connectivity index (χ0v) is 21.7. The first-order chi connectivity index (χ1) is 17.1. The van der Waals surface area contributed by atoms with E-state index in [1.165, 1.54) is 17.0 Å². The molecule has 0 aliphatic heterocycles. The first-order valence-corrected chi connectivity index (χ1v) is 13.0. The van der Waals surface area contributed by atoms with Gasteiger partial charge in [-0.1, -0.05) is 17.7 Å². The smallest absolute Gasteiger partial charge is 0.490 e. The van der Waals surface area contributed by atoms with Crippen molar-refractivity contribution < 1.29 is 41.3 Å². The summed E-state index contributed by atoms with van der Waals surface area (Å²) in [5, 5.41) is 22.1. The van der Waals surface area contributed by atoms with Gasteiger partial charge in [0, 0.05) is 35.8 Å². The minimum atomic E-state index is -5.08. The van der Waals surface area contributed by atoms with Crippen LogP contribution < -0.4 is 14.8 Å². The second-order valence-electron chi connectivity index (χ2n) is 8.07. The molecule has 1 heterocycles. The number of aliphatic carboxylic acids is 1. The van der Waals surface area contributed by atoms with Gasteiger partial charge in [-0.2, -0.15) is 13.2 Å². The summed E-state index contributed by atoms with van der Waals surface area (Å²) in [7, 11) is -3.46. The molecule has 1 unspecified atom stereocenters. The Morgan fingerprint density at radius 1 is 1.19 bits per heavy atom. The Bertz CT molecular complexity index is 1350. The topological polar surface area (TPSA) is 141 Å². The van der Waals surface area contributed by atoms with E-state index in [-0.39, 0.29) is 17.3 Å². The van der Waals surface area contributed by atoms with Crippen LogP contribution in [-0.4, -0.2) is 61.7 Å². The minimum absolute atomic E-state index is 0.240. The van der Waals surface area contributed by atoms with Gasteiger partial charge in [0.2, 0.25) is 10.0 Å². The molecule has 5 N–H and O–H groups in total. The standard InChI is InChI=1S/C21H26ClN3O4S.C2HF3O2/c1-13-14(2)24-19-11-16(5-6-17(13)19)29-9-8-23-12-21(26)15-4-7-18(22)20(10-15)25-30(3,27)28;3-2(4,5)1(6)7/h4-7,10-11,21,23-26H,8-9,12H2,1-3H3;(H,6,7). The van der Waals surface area contributed by atoms with Gasteiger partial charge >= 0.3 is 12.1 Å². The number of anilines is 1. The second-order valence-corrected chi connectivity index (χ2v) is 10.2. The molecule has 0 saturated carbocycles. The van der Waals surface area contributed by atoms with Crippen LogP contribution in [0.1, 0.15) is 22.9 Å². The number of fused-ring (bicyclic) bond motifs is 1. The molecule has 0 bridgehead atoms. The van der Waals surface area contributed by atoms with Gasteiger partial charge in [-0.05, 0) is 49.2 Å². The molecule has 14 heteroatoms. The number of rotatable bonds is 9. The summed E-state index contributed by atoms with van der Waals surface area (Å²) in [6.07, 6.45) is -4.85. The summed E-state index contributed by atoms with van der Waals surface area (Å²) in [5.41, 5.74) is 4.23. The Morgan fingerprint density at radius 3 is 2.43 bits per heavy atom. The molecular formula is C23H27ClF3N3O6S. The summed E-state index contributed by atoms with van der Waals surface area (Å²) in [6, 6.07) is 10.7. The van der Waals surface area contributed by atoms with E-state index in [1.807, 2.05) is 25.1 Å². The van der Waals surface area contributed by atoms with Crippen molar-refractivity contribution in [1.29, 1.82) is 0 Å². The normalized spacial score (nSPS) is 12.5. The van der Waals surface area contributed by atoms with Crippen LogP contribution >= 0.6 is 11.6 Å². The van der Waals surface area contributed by atoms with Gasteiger partial charge < -0.3 is 25.3 Å². The monoisotopic (exact) mass is 565 g/mol. The van der Waals surface area contributed by atoms with Crippen LogP contribution in [0, 0.1) is 13.8 Å². The van der Waals surface area contributed by atoms with E-state index in [0.717, 1.165) is 23.2 Å². The predicted octanol–water partition coefficient (Wildman–Crippen LogP) is 4.14. The number of aryl methyl sites for hydroxylation is 2. The Labute approximate surface area is 216 Å². The number of carboxylic acid groups (broad SMARTS) is 1. The van der Waals surface area contributed by atoms with Crippen molar-refractivity contribution >= 4 is 44.2 Å². The number of aliphatic hydroxyl groups excluding tert-OH is 1. The highest BCUT2D eigenvalue weighted by atomic mass is 35.5. The van der Waals surface area contributed by atoms with E-state index < -0.39 is 28.3 Å². The third-order valence-electron chi connectivity index (χ3n) is 5.08. The Balaban J connectivity index is 0.000000604. The van der Waals surface area contributed by atoms with Crippen molar-refractivity contribution in [2.45, 2.75) is 26.1 Å². The molecule has 0 fully saturated rings. The number of ether oxygens (including phenoxy) is 1. The quantitative estimate of drug-likeness (QED) is 0.246. The second kappa shape index (κ2) is 12.5. The van der Waals surface area contributed by atoms with Gasteiger partial charge in [-0.25, -0.2) is 13.2 Å². The van der Waals surface area contributed by atoms with E-state index in [0.29, 0.717) is 18.7 Å². The van der Waals surface area contributed by atoms with Gasteiger partial charge in [-0.15, -0.1) is 0 Å². The number of aliphatic hydroxyl groups is 1. The van der Waals surface area contributed by atoms with Crippen LogP contribution in [0.2, 0.25) is 5.02 Å². The molecule has 1 atom stereocenters. The molecular weight excluding hydrogens is 539 g/mol. The number of sulfonamides is 1. The lowest BCUT2D eigenvalue weighted by atomic mass is 10.1. The summed E-state index contributed by atoms with van der Waals surface area (Å²) >= 11 is 6.01. The largest absolute Gasteiger partial charge is 0.492 e. The van der Waals surface area contributed by atoms with Crippen molar-refractivity contribution in [3.8, 4) is 5.75 Å². The SMILES string of the molecule is Cc1[nH]c2cc(OCCNCC(O)c3ccc(Cl)c(NS(C)(=O)=O)c3)ccc2c1C.O=C(O)C(F)(F)F. The molecule has 3 rings (SSSR count). The van der Waals surface area contributed by atoms with Crippen LogP contribution in [0.15, 0.2) is 36.4 Å². The maximum Gasteiger partial charge on any atom is 0.490 e. The van der Waals surface area contributed by atoms with Crippen molar-refractivity contribution in [2.24, 2.45) is 0 Å². The molecule has 3 aromatic rings. The number of carboxylic acids is 1. The molecule has 204 valence electrons. The Hall–Kier alpha value is -3.00. The number of hydrogen-bond donors (Lipinski definition) is 5. The highest BCUT2D eigenvalue weighted by Gasteiger charge is 2.38. The molecule has 0 aliphatic carbocycles. The molecule has 0 saturated heterocycles. The van der Waals surface area contributed by atoms with Gasteiger partial charge in [0.15, 0.2) is 0 Å². The van der Waals surface area contributed by atoms with Crippen molar-refractivity contribution in [3.05, 3.63) is 58.2 Å². The lowest BCUT2D eigenvalue weighted by Gasteiger charge is -2.15. The molecule has 0 aliphatic rings. The molecule has 2 aromatic carbocycles. The Kier molecular flexibility index (Phi) is 10.2. The summed E-state index contributed by atoms with van der Waals surface area (Å²) in [4.78, 5) is 12.2. The molecule has 1 aromatic heterocycles. The third kappa shape index (κ3) is 9.43. The Morgan fingerprint density at radius 2 is 1.84 bits per heavy atom. The number of nitrogens with one attached hydrogen (secondary N) is 3. The zero-order valence-electron chi connectivity index (χ0n) is 20.1. The fourth-order valence-electron chi connectivity index (χ4n) is 3.17. The highest BCUT2D eigenvalue weighted by molar-refractivity contribution is 7.92. The third-order valence-corrected chi connectivity index (χ3v) is 6.00. The van der Waals surface area contributed by atoms with E-state index in [2.05, 4.69) is 21.9 Å². The van der Waals surface area contributed by atoms with E-state index >= 15 is 0 Å². The maximum atomic E-state index is 11.4. The van der Waals surface area contributed by atoms with Crippen LogP contribution in [0.4, 0.5) is 18.9 Å². The fourth-order valence-corrected chi connectivity index (χ4v) is 3.96. The zero-order chi connectivity index (χ0) is 28.0. The number of aromatic amines is 1. The van der Waals surface area contributed by atoms with Crippen molar-refractivity contribution in [2.75, 3.05) is 30.7 Å². The summed E-state index contributed by atoms with van der Waals surface area (Å²) in [5.74, 6) is -1.98. The van der Waals surface area contributed by atoms with Crippen molar-refractivity contribution in [1.82, 2.24) is 10.3 Å². The van der Waals surface area contributed by atoms with Crippen LogP contribution in [-0.2, 0) is 14.8 Å². The van der Waals surface area contributed by atoms with Crippen LogP contribution in [0.5, 0.6) is 5.75 Å². The van der Waals surface area contributed by atoms with Gasteiger partial charge in [0.05, 0.1) is 23.1 Å². The predicted molar refractivity (Wildman–Crippen MR) is 135 cm³/mol. The fraction of sp³-hybridized carbons (Fsp3) is 0.348. The average molecular weight is 566 g/mol. The van der Waals surface area contributed by atoms with Crippen LogP contribution in [0.25, 0.3) is 10.9 Å². The molecule has 0 amide bonds. The first kappa shape index (κ1) is 30.2. The summed E-state index contributed by atoms with van der Waals surface area (Å²) in [6.45, 7) is 5.41. The number of alkyl halides is 3. The van der Waals surface area contributed by atoms with E-state index in [4.69, 9.17) is 26.2 Å². The average Bonchev–Trinajstić information content (AvgIpc) is 3.06. The number of aromatic nitrogens is 1. The van der Waals surface area contributed by atoms with E-state index in [1.54, 1.807) is 12.1 Å². The maximum absolute atomic E-state index is 11.4. The van der Waals surface area contributed by atoms with Crippen molar-refractivity contribution in [3.63, 3.8) is 0 Å². The number of halogens is 4. The molecule has 0 spiro atoms. The number of carbonyl (C=O) groups is 1. The number of H-pyrrole nitrogens is 1. The molecule has 37 heavy (non-hydrogen) atoms. The van der Waals surface area contributed by atoms with Gasteiger partial charge in [-0.3, -0.25) is 4.72 Å². The highest BCUT2D eigenvalue weighted by Crippen LogP contribution is 2.27. The van der Waals surface area contributed by atoms with Gasteiger partial charge in [0.25, 0.3) is 0 Å². The first-order valence-electron chi connectivity index (χ1n) is 10.8. The lowest BCUT2D eigenvalue weighted by Crippen LogP contribution is -2.26. The molecule has 9 nitrogen and oxygen atoms in total. The summed E-state index contributed by atoms with van der Waals surface area (Å²) < 4.78 is 62.7. The van der Waals surface area contributed by atoms with E-state index in [9.17, 15) is 26.7 Å². The van der Waals surface area contributed by atoms with Crippen LogP contribution in [0.3, 0.4) is 0 Å². The minimum Gasteiger partial charge on any atom is -0.492 e. The van der Waals surface area contributed by atoms with Gasteiger partial charge in [0.1, 0.15) is 12.4 Å². The number of hydrogen-bond acceptors (Lipinski definition) is 6. The number of benzene rings is 2.